The number of benzene rings is 3. The zero-order chi connectivity index (χ0) is 13.6. The van der Waals surface area contributed by atoms with Crippen molar-refractivity contribution in [1.29, 1.82) is 0 Å². The first-order chi connectivity index (χ1) is 10.4. The number of allylic oxidation sites excluding steroid dienone is 4. The van der Waals surface area contributed by atoms with Gasteiger partial charge in [0, 0.05) is 0 Å². The van der Waals surface area contributed by atoms with Crippen LogP contribution in [0.5, 0.6) is 0 Å². The van der Waals surface area contributed by atoms with E-state index in [-0.39, 0.29) is 5.41 Å². The summed E-state index contributed by atoms with van der Waals surface area (Å²) in [7, 11) is 0. The maximum atomic E-state index is 2.37. The van der Waals surface area contributed by atoms with Crippen LogP contribution >= 0.6 is 0 Å². The highest BCUT2D eigenvalue weighted by atomic mass is 14.4. The van der Waals surface area contributed by atoms with E-state index in [1.165, 1.54) is 43.1 Å². The Morgan fingerprint density at radius 1 is 0.571 bits per heavy atom. The lowest BCUT2D eigenvalue weighted by Gasteiger charge is -2.29. The standard InChI is InChI=1S/C21H12/c1-3-15-9-7-13-5-6-14-8-10-16-4-2-12-21(11-1)19(15)17(13)18(14)20(16)21/h1-12H. The van der Waals surface area contributed by atoms with Crippen LogP contribution in [-0.4, -0.2) is 0 Å². The van der Waals surface area contributed by atoms with Gasteiger partial charge in [-0.2, -0.15) is 0 Å². The van der Waals surface area contributed by atoms with Crippen molar-refractivity contribution in [2.45, 2.75) is 5.41 Å². The van der Waals surface area contributed by atoms with Crippen molar-refractivity contribution in [3.8, 4) is 0 Å². The molecular formula is C21H12. The smallest absolute Gasteiger partial charge is 0.0593 e. The van der Waals surface area contributed by atoms with E-state index in [0.29, 0.717) is 0 Å². The first-order valence-corrected chi connectivity index (χ1v) is 7.47. The molecule has 6 rings (SSSR count). The van der Waals surface area contributed by atoms with Gasteiger partial charge in [-0.25, -0.2) is 0 Å². The van der Waals surface area contributed by atoms with E-state index >= 15 is 0 Å². The molecule has 96 valence electrons. The van der Waals surface area contributed by atoms with Gasteiger partial charge in [0.15, 0.2) is 0 Å². The Hall–Kier alpha value is -2.60. The Labute approximate surface area is 122 Å². The van der Waals surface area contributed by atoms with Crippen molar-refractivity contribution in [3.05, 3.63) is 82.3 Å². The molecule has 3 aliphatic rings. The molecule has 21 heavy (non-hydrogen) atoms. The van der Waals surface area contributed by atoms with Gasteiger partial charge in [0.25, 0.3) is 0 Å². The van der Waals surface area contributed by atoms with E-state index in [4.69, 9.17) is 0 Å². The van der Waals surface area contributed by atoms with Gasteiger partial charge in [-0.1, -0.05) is 72.9 Å². The summed E-state index contributed by atoms with van der Waals surface area (Å²) in [5.74, 6) is 0. The summed E-state index contributed by atoms with van der Waals surface area (Å²) in [5, 5.41) is 8.38. The SMILES string of the molecule is C1=CC23C=CC=c4ccc5ccc6ccc(c2c6c5c43)=C1. The van der Waals surface area contributed by atoms with Crippen LogP contribution in [0.3, 0.4) is 0 Å². The molecule has 0 aromatic heterocycles. The minimum atomic E-state index is -0.0448. The maximum Gasteiger partial charge on any atom is 0.0593 e. The second-order valence-corrected chi connectivity index (χ2v) is 6.24. The van der Waals surface area contributed by atoms with E-state index in [2.05, 4.69) is 72.9 Å². The lowest BCUT2D eigenvalue weighted by atomic mass is 9.72. The zero-order valence-electron chi connectivity index (χ0n) is 11.4. The lowest BCUT2D eigenvalue weighted by Crippen LogP contribution is -2.34. The monoisotopic (exact) mass is 264 g/mol. The van der Waals surface area contributed by atoms with Crippen molar-refractivity contribution < 1.29 is 0 Å². The predicted molar refractivity (Wildman–Crippen MR) is 88.7 cm³/mol. The summed E-state index contributed by atoms with van der Waals surface area (Å²) in [6.07, 6.45) is 13.7. The number of hydrogen-bond donors (Lipinski definition) is 0. The molecule has 3 aliphatic carbocycles. The Kier molecular flexibility index (Phi) is 1.46. The van der Waals surface area contributed by atoms with Gasteiger partial charge in [0.2, 0.25) is 0 Å². The van der Waals surface area contributed by atoms with Gasteiger partial charge in [-0.05, 0) is 43.1 Å². The van der Waals surface area contributed by atoms with Crippen molar-refractivity contribution >= 4 is 33.7 Å². The minimum Gasteiger partial charge on any atom is -0.0657 e. The fourth-order valence-corrected chi connectivity index (χ4v) is 4.56. The zero-order valence-corrected chi connectivity index (χ0v) is 11.4. The van der Waals surface area contributed by atoms with Gasteiger partial charge in [0.1, 0.15) is 0 Å². The lowest BCUT2D eigenvalue weighted by molar-refractivity contribution is 0.825. The summed E-state index contributed by atoms with van der Waals surface area (Å²) >= 11 is 0. The van der Waals surface area contributed by atoms with Gasteiger partial charge in [-0.3, -0.25) is 0 Å². The molecule has 0 saturated heterocycles. The van der Waals surface area contributed by atoms with Crippen LogP contribution < -0.4 is 10.4 Å². The van der Waals surface area contributed by atoms with E-state index in [1.807, 2.05) is 0 Å². The number of hydrogen-bond acceptors (Lipinski definition) is 0. The van der Waals surface area contributed by atoms with E-state index in [9.17, 15) is 0 Å². The first kappa shape index (κ1) is 10.2. The molecule has 0 aliphatic heterocycles. The normalized spacial score (nSPS) is 18.3. The van der Waals surface area contributed by atoms with Crippen molar-refractivity contribution in [3.63, 3.8) is 0 Å². The van der Waals surface area contributed by atoms with Gasteiger partial charge in [0.05, 0.1) is 5.41 Å². The van der Waals surface area contributed by atoms with Gasteiger partial charge >= 0.3 is 0 Å². The molecule has 0 heterocycles. The average Bonchev–Trinajstić information content (AvgIpc) is 2.86. The van der Waals surface area contributed by atoms with Crippen LogP contribution in [0.4, 0.5) is 0 Å². The van der Waals surface area contributed by atoms with Crippen molar-refractivity contribution in [1.82, 2.24) is 0 Å². The van der Waals surface area contributed by atoms with Crippen molar-refractivity contribution in [2.24, 2.45) is 0 Å². The van der Waals surface area contributed by atoms with Gasteiger partial charge in [-0.15, -0.1) is 0 Å². The van der Waals surface area contributed by atoms with Crippen LogP contribution in [0.15, 0.2) is 60.7 Å². The Morgan fingerprint density at radius 2 is 1.05 bits per heavy atom. The first-order valence-electron chi connectivity index (χ1n) is 7.47. The third kappa shape index (κ3) is 0.936. The Balaban J connectivity index is 2.12. The second kappa shape index (κ2) is 3.01. The molecular weight excluding hydrogens is 252 g/mol. The molecule has 0 unspecified atom stereocenters. The fraction of sp³-hybridized carbons (Fsp3) is 0.0476. The minimum absolute atomic E-state index is 0.0448. The largest absolute Gasteiger partial charge is 0.0657 e. The molecule has 3 aromatic carbocycles. The molecule has 0 atom stereocenters. The molecule has 0 N–H and O–H groups in total. The van der Waals surface area contributed by atoms with Crippen LogP contribution in [0.2, 0.25) is 0 Å². The fourth-order valence-electron chi connectivity index (χ4n) is 4.56. The molecule has 0 saturated carbocycles. The molecule has 0 radical (unpaired) electrons. The van der Waals surface area contributed by atoms with E-state index < -0.39 is 0 Å². The molecule has 3 aromatic rings. The summed E-state index contributed by atoms with van der Waals surface area (Å²) in [6, 6.07) is 13.6. The molecule has 0 amide bonds. The quantitative estimate of drug-likeness (QED) is 0.547. The third-order valence-corrected chi connectivity index (χ3v) is 5.33. The average molecular weight is 264 g/mol. The van der Waals surface area contributed by atoms with E-state index in [0.717, 1.165) is 0 Å². The predicted octanol–water partition coefficient (Wildman–Crippen LogP) is 3.29. The maximum absolute atomic E-state index is 2.37. The summed E-state index contributed by atoms with van der Waals surface area (Å²) < 4.78 is 0. The number of rotatable bonds is 0. The molecule has 1 spiro atoms. The summed E-state index contributed by atoms with van der Waals surface area (Å²) in [6.45, 7) is 0. The van der Waals surface area contributed by atoms with Gasteiger partial charge < -0.3 is 0 Å². The highest BCUT2D eigenvalue weighted by molar-refractivity contribution is 6.16. The Bertz CT molecular complexity index is 1080. The Morgan fingerprint density at radius 3 is 1.57 bits per heavy atom. The molecule has 0 bridgehead atoms. The van der Waals surface area contributed by atoms with Crippen molar-refractivity contribution in [2.75, 3.05) is 0 Å². The molecule has 0 fully saturated rings. The van der Waals surface area contributed by atoms with Crippen LogP contribution in [0, 0.1) is 0 Å². The van der Waals surface area contributed by atoms with Crippen LogP contribution in [0.25, 0.3) is 33.7 Å². The van der Waals surface area contributed by atoms with E-state index in [1.54, 1.807) is 0 Å². The molecule has 0 nitrogen and oxygen atoms in total. The highest BCUT2D eigenvalue weighted by Crippen LogP contribution is 2.49. The second-order valence-electron chi connectivity index (χ2n) is 6.24. The highest BCUT2D eigenvalue weighted by Gasteiger charge is 2.41. The van der Waals surface area contributed by atoms with Crippen LogP contribution in [-0.2, 0) is 5.41 Å². The summed E-state index contributed by atoms with van der Waals surface area (Å²) in [5.41, 5.74) is 2.93. The topological polar surface area (TPSA) is 0 Å². The molecule has 0 heteroatoms. The third-order valence-electron chi connectivity index (χ3n) is 5.33. The van der Waals surface area contributed by atoms with Crippen LogP contribution in [0.1, 0.15) is 11.1 Å². The summed E-state index contributed by atoms with van der Waals surface area (Å²) in [4.78, 5) is 0.